The lowest BCUT2D eigenvalue weighted by Crippen LogP contribution is -2.28. The maximum atomic E-state index is 14.0. The summed E-state index contributed by atoms with van der Waals surface area (Å²) in [6.07, 6.45) is 0.257. The van der Waals surface area contributed by atoms with Crippen LogP contribution in [0.4, 0.5) is 4.39 Å². The lowest BCUT2D eigenvalue weighted by Gasteiger charge is -2.12. The van der Waals surface area contributed by atoms with Crippen molar-refractivity contribution in [2.45, 2.75) is 25.8 Å². The maximum Gasteiger partial charge on any atom is 0.258 e. The number of rotatable bonds is 6. The molecule has 6 heteroatoms. The number of Topliss-reactive ketones (excluding diaryl/α,β-unsaturated/α-hetero) is 1. The monoisotopic (exact) mass is 357 g/mol. The van der Waals surface area contributed by atoms with Crippen LogP contribution in [0.5, 0.6) is 11.5 Å². The van der Waals surface area contributed by atoms with E-state index in [0.717, 1.165) is 5.56 Å². The number of fused-ring (bicyclic) bond motifs is 1. The molecule has 0 saturated heterocycles. The van der Waals surface area contributed by atoms with Crippen molar-refractivity contribution < 1.29 is 23.5 Å². The van der Waals surface area contributed by atoms with Crippen molar-refractivity contribution in [1.29, 1.82) is 0 Å². The zero-order valence-electron chi connectivity index (χ0n) is 14.7. The Morgan fingerprint density at radius 1 is 1.23 bits per heavy atom. The Hall–Kier alpha value is -2.89. The highest BCUT2D eigenvalue weighted by atomic mass is 19.1. The summed E-state index contributed by atoms with van der Waals surface area (Å²) in [7, 11) is 1.57. The standard InChI is InChI=1S/C20H20FNO4/c1-12-9-15(23)20-17(8-7-14(21)19(12)20)26-11-18(24)22-10-13-5-3-4-6-16(13)25-2/h3-8,12H,9-11H2,1-2H3,(H,22,24)/t12-/m1/s1. The molecule has 0 spiro atoms. The Morgan fingerprint density at radius 3 is 2.77 bits per heavy atom. The van der Waals surface area contributed by atoms with E-state index in [1.54, 1.807) is 14.0 Å². The fourth-order valence-corrected chi connectivity index (χ4v) is 3.18. The molecule has 0 unspecified atom stereocenters. The highest BCUT2D eigenvalue weighted by Crippen LogP contribution is 2.39. The average Bonchev–Trinajstić information content (AvgIpc) is 2.95. The van der Waals surface area contributed by atoms with Crippen LogP contribution in [-0.2, 0) is 11.3 Å². The molecule has 2 aromatic rings. The number of amides is 1. The van der Waals surface area contributed by atoms with Crippen molar-refractivity contribution in [2.24, 2.45) is 0 Å². The van der Waals surface area contributed by atoms with Crippen LogP contribution in [0.15, 0.2) is 36.4 Å². The third-order valence-corrected chi connectivity index (χ3v) is 4.44. The molecule has 136 valence electrons. The number of ether oxygens (including phenoxy) is 2. The van der Waals surface area contributed by atoms with Gasteiger partial charge in [0.05, 0.1) is 12.7 Å². The molecular formula is C20H20FNO4. The zero-order valence-corrected chi connectivity index (χ0v) is 14.7. The quantitative estimate of drug-likeness (QED) is 0.862. The lowest BCUT2D eigenvalue weighted by atomic mass is 10.0. The van der Waals surface area contributed by atoms with Crippen LogP contribution in [0.3, 0.4) is 0 Å². The number of ketones is 1. The Labute approximate surface area is 151 Å². The fourth-order valence-electron chi connectivity index (χ4n) is 3.18. The minimum atomic E-state index is -0.411. The molecular weight excluding hydrogens is 337 g/mol. The first-order chi connectivity index (χ1) is 12.5. The SMILES string of the molecule is COc1ccccc1CNC(=O)COc1ccc(F)c2c1C(=O)C[C@H]2C. The van der Waals surface area contributed by atoms with Crippen molar-refractivity contribution in [2.75, 3.05) is 13.7 Å². The lowest BCUT2D eigenvalue weighted by molar-refractivity contribution is -0.123. The first-order valence-corrected chi connectivity index (χ1v) is 8.38. The Kier molecular flexibility index (Phi) is 5.21. The normalized spacial score (nSPS) is 15.5. The summed E-state index contributed by atoms with van der Waals surface area (Å²) < 4.78 is 24.7. The van der Waals surface area contributed by atoms with Gasteiger partial charge in [-0.2, -0.15) is 0 Å². The summed E-state index contributed by atoms with van der Waals surface area (Å²) in [4.78, 5) is 24.2. The molecule has 5 nitrogen and oxygen atoms in total. The minimum absolute atomic E-state index is 0.156. The second-order valence-electron chi connectivity index (χ2n) is 6.24. The maximum absolute atomic E-state index is 14.0. The number of para-hydroxylation sites is 1. The van der Waals surface area contributed by atoms with Crippen LogP contribution >= 0.6 is 0 Å². The van der Waals surface area contributed by atoms with E-state index in [0.29, 0.717) is 17.9 Å². The molecule has 0 bridgehead atoms. The van der Waals surface area contributed by atoms with Crippen molar-refractivity contribution in [3.05, 3.63) is 58.9 Å². The van der Waals surface area contributed by atoms with Crippen LogP contribution in [0.1, 0.15) is 40.7 Å². The van der Waals surface area contributed by atoms with Gasteiger partial charge in [-0.05, 0) is 24.1 Å². The first kappa shape index (κ1) is 17.9. The number of nitrogens with one attached hydrogen (secondary N) is 1. The number of halogens is 1. The molecule has 0 fully saturated rings. The van der Waals surface area contributed by atoms with E-state index < -0.39 is 5.82 Å². The molecule has 1 N–H and O–H groups in total. The third-order valence-electron chi connectivity index (χ3n) is 4.44. The molecule has 0 radical (unpaired) electrons. The van der Waals surface area contributed by atoms with Gasteiger partial charge in [-0.3, -0.25) is 9.59 Å². The molecule has 0 aliphatic heterocycles. The van der Waals surface area contributed by atoms with Crippen LogP contribution < -0.4 is 14.8 Å². The van der Waals surface area contributed by atoms with E-state index >= 15 is 0 Å². The largest absolute Gasteiger partial charge is 0.496 e. The van der Waals surface area contributed by atoms with Crippen LogP contribution in [0.25, 0.3) is 0 Å². The number of carbonyl (C=O) groups is 2. The topological polar surface area (TPSA) is 64.6 Å². The second-order valence-corrected chi connectivity index (χ2v) is 6.24. The minimum Gasteiger partial charge on any atom is -0.496 e. The number of methoxy groups -OCH3 is 1. The zero-order chi connectivity index (χ0) is 18.7. The van der Waals surface area contributed by atoms with Gasteiger partial charge in [0.25, 0.3) is 5.91 Å². The van der Waals surface area contributed by atoms with Gasteiger partial charge in [0.15, 0.2) is 12.4 Å². The number of hydrogen-bond acceptors (Lipinski definition) is 4. The number of benzene rings is 2. The second kappa shape index (κ2) is 7.56. The fraction of sp³-hybridized carbons (Fsp3) is 0.300. The average molecular weight is 357 g/mol. The summed E-state index contributed by atoms with van der Waals surface area (Å²) in [5, 5.41) is 2.74. The Morgan fingerprint density at radius 2 is 2.00 bits per heavy atom. The van der Waals surface area contributed by atoms with Crippen LogP contribution in [-0.4, -0.2) is 25.4 Å². The van der Waals surface area contributed by atoms with Crippen LogP contribution in [0, 0.1) is 5.82 Å². The molecule has 0 heterocycles. The molecule has 2 aromatic carbocycles. The van der Waals surface area contributed by atoms with Crippen LogP contribution in [0.2, 0.25) is 0 Å². The highest BCUT2D eigenvalue weighted by Gasteiger charge is 2.32. The first-order valence-electron chi connectivity index (χ1n) is 8.38. The molecule has 3 rings (SSSR count). The summed E-state index contributed by atoms with van der Waals surface area (Å²) in [6.45, 7) is 1.84. The summed E-state index contributed by atoms with van der Waals surface area (Å²) in [5.74, 6) is -0.150. The Bertz CT molecular complexity index is 850. The van der Waals surface area contributed by atoms with E-state index in [-0.39, 0.29) is 41.9 Å². The van der Waals surface area contributed by atoms with Crippen molar-refractivity contribution >= 4 is 11.7 Å². The van der Waals surface area contributed by atoms with Crippen molar-refractivity contribution in [3.63, 3.8) is 0 Å². The van der Waals surface area contributed by atoms with E-state index in [1.807, 2.05) is 24.3 Å². The van der Waals surface area contributed by atoms with Gasteiger partial charge >= 0.3 is 0 Å². The molecule has 26 heavy (non-hydrogen) atoms. The van der Waals surface area contributed by atoms with Crippen molar-refractivity contribution in [1.82, 2.24) is 5.32 Å². The van der Waals surface area contributed by atoms with Gasteiger partial charge in [0, 0.05) is 24.1 Å². The molecule has 1 atom stereocenters. The molecule has 1 aliphatic rings. The van der Waals surface area contributed by atoms with E-state index in [9.17, 15) is 14.0 Å². The summed E-state index contributed by atoms with van der Waals surface area (Å²) in [5.41, 5.74) is 1.48. The molecule has 0 aromatic heterocycles. The van der Waals surface area contributed by atoms with E-state index in [1.165, 1.54) is 12.1 Å². The van der Waals surface area contributed by atoms with Gasteiger partial charge in [-0.25, -0.2) is 4.39 Å². The van der Waals surface area contributed by atoms with Gasteiger partial charge in [0.2, 0.25) is 0 Å². The van der Waals surface area contributed by atoms with Gasteiger partial charge in [0.1, 0.15) is 17.3 Å². The smallest absolute Gasteiger partial charge is 0.258 e. The van der Waals surface area contributed by atoms with Gasteiger partial charge < -0.3 is 14.8 Å². The molecule has 1 aliphatic carbocycles. The molecule has 1 amide bonds. The Balaban J connectivity index is 1.63. The number of carbonyl (C=O) groups excluding carboxylic acids is 2. The summed E-state index contributed by atoms with van der Waals surface area (Å²) >= 11 is 0. The van der Waals surface area contributed by atoms with Gasteiger partial charge in [-0.15, -0.1) is 0 Å². The highest BCUT2D eigenvalue weighted by molar-refractivity contribution is 6.03. The number of hydrogen-bond donors (Lipinski definition) is 1. The van der Waals surface area contributed by atoms with E-state index in [2.05, 4.69) is 5.32 Å². The van der Waals surface area contributed by atoms with Crippen molar-refractivity contribution in [3.8, 4) is 11.5 Å². The summed E-state index contributed by atoms with van der Waals surface area (Å²) in [6, 6.07) is 10.0. The predicted molar refractivity (Wildman–Crippen MR) is 94.1 cm³/mol. The van der Waals surface area contributed by atoms with Gasteiger partial charge in [-0.1, -0.05) is 25.1 Å². The van der Waals surface area contributed by atoms with E-state index in [4.69, 9.17) is 9.47 Å². The molecule has 0 saturated carbocycles. The predicted octanol–water partition coefficient (Wildman–Crippen LogP) is 3.22. The third kappa shape index (κ3) is 3.54.